The van der Waals surface area contributed by atoms with E-state index in [0.717, 1.165) is 18.5 Å². The highest BCUT2D eigenvalue weighted by atomic mass is 19.1. The average Bonchev–Trinajstić information content (AvgIpc) is 2.72. The molecule has 1 aromatic heterocycles. The molecule has 0 radical (unpaired) electrons. The first-order valence-corrected chi connectivity index (χ1v) is 8.76. The van der Waals surface area contributed by atoms with Gasteiger partial charge in [0.25, 0.3) is 0 Å². The molecule has 0 saturated carbocycles. The van der Waals surface area contributed by atoms with Crippen LogP contribution in [0.3, 0.4) is 0 Å². The average molecular weight is 383 g/mol. The van der Waals surface area contributed by atoms with Gasteiger partial charge in [-0.05, 0) is 36.2 Å². The highest BCUT2D eigenvalue weighted by Gasteiger charge is 2.09. The Kier molecular flexibility index (Phi) is 6.26. The highest BCUT2D eigenvalue weighted by molar-refractivity contribution is 5.44. The Morgan fingerprint density at radius 3 is 2.54 bits per heavy atom. The van der Waals surface area contributed by atoms with Crippen molar-refractivity contribution in [1.82, 2.24) is 9.97 Å². The van der Waals surface area contributed by atoms with Gasteiger partial charge in [-0.15, -0.1) is 0 Å². The first-order chi connectivity index (χ1) is 13.6. The van der Waals surface area contributed by atoms with Crippen LogP contribution in [0.15, 0.2) is 54.9 Å². The summed E-state index contributed by atoms with van der Waals surface area (Å²) in [7, 11) is 5.17. The number of halogens is 1. The van der Waals surface area contributed by atoms with Gasteiger partial charge in [0.2, 0.25) is 5.88 Å². The van der Waals surface area contributed by atoms with E-state index in [2.05, 4.69) is 9.97 Å². The lowest BCUT2D eigenvalue weighted by atomic mass is 10.1. The standard InChI is InChI=1S/C21H22FN3O3/c1-25(10-9-15-7-8-18(26-2)19(11-15)27-3)20-13-21(24-14-23-20)28-17-6-4-5-16(22)12-17/h4-8,11-14H,9-10H2,1-3H3. The minimum atomic E-state index is -0.362. The minimum Gasteiger partial charge on any atom is -0.493 e. The van der Waals surface area contributed by atoms with Gasteiger partial charge in [-0.25, -0.2) is 14.4 Å². The van der Waals surface area contributed by atoms with Crippen molar-refractivity contribution in [3.63, 3.8) is 0 Å². The third-order valence-electron chi connectivity index (χ3n) is 4.22. The van der Waals surface area contributed by atoms with Crippen LogP contribution in [0.5, 0.6) is 23.1 Å². The van der Waals surface area contributed by atoms with E-state index in [1.165, 1.54) is 18.5 Å². The summed E-state index contributed by atoms with van der Waals surface area (Å²) < 4.78 is 29.5. The van der Waals surface area contributed by atoms with Crippen LogP contribution in [-0.2, 0) is 6.42 Å². The fourth-order valence-electron chi connectivity index (χ4n) is 2.69. The van der Waals surface area contributed by atoms with Crippen LogP contribution in [0, 0.1) is 5.82 Å². The summed E-state index contributed by atoms with van der Waals surface area (Å²) in [5.74, 6) is 2.50. The van der Waals surface area contributed by atoms with Gasteiger partial charge in [0.15, 0.2) is 11.5 Å². The number of ether oxygens (including phenoxy) is 3. The number of anilines is 1. The van der Waals surface area contributed by atoms with Gasteiger partial charge in [-0.1, -0.05) is 12.1 Å². The Bertz CT molecular complexity index is 936. The first kappa shape index (κ1) is 19.4. The molecule has 0 spiro atoms. The largest absolute Gasteiger partial charge is 0.493 e. The monoisotopic (exact) mass is 383 g/mol. The maximum atomic E-state index is 13.3. The molecule has 6 nitrogen and oxygen atoms in total. The molecule has 0 unspecified atom stereocenters. The van der Waals surface area contributed by atoms with Crippen LogP contribution in [0.2, 0.25) is 0 Å². The number of hydrogen-bond donors (Lipinski definition) is 0. The molecule has 0 aliphatic rings. The second-order valence-corrected chi connectivity index (χ2v) is 6.13. The molecule has 0 N–H and O–H groups in total. The fourth-order valence-corrected chi connectivity index (χ4v) is 2.69. The summed E-state index contributed by atoms with van der Waals surface area (Å²) in [4.78, 5) is 10.4. The molecule has 0 saturated heterocycles. The molecule has 3 rings (SSSR count). The Morgan fingerprint density at radius 2 is 1.79 bits per heavy atom. The molecule has 0 aliphatic carbocycles. The second kappa shape index (κ2) is 9.03. The van der Waals surface area contributed by atoms with Crippen molar-refractivity contribution in [3.05, 3.63) is 66.2 Å². The lowest BCUT2D eigenvalue weighted by Crippen LogP contribution is -2.21. The molecule has 0 bridgehead atoms. The second-order valence-electron chi connectivity index (χ2n) is 6.13. The lowest BCUT2D eigenvalue weighted by molar-refractivity contribution is 0.354. The maximum Gasteiger partial charge on any atom is 0.224 e. The van der Waals surface area contributed by atoms with E-state index < -0.39 is 0 Å². The van der Waals surface area contributed by atoms with E-state index in [-0.39, 0.29) is 5.82 Å². The molecule has 28 heavy (non-hydrogen) atoms. The van der Waals surface area contributed by atoms with Crippen LogP contribution in [0.25, 0.3) is 0 Å². The van der Waals surface area contributed by atoms with E-state index in [0.29, 0.717) is 28.9 Å². The quantitative estimate of drug-likeness (QED) is 0.584. The van der Waals surface area contributed by atoms with Gasteiger partial charge in [0, 0.05) is 25.7 Å². The third-order valence-corrected chi connectivity index (χ3v) is 4.22. The van der Waals surface area contributed by atoms with E-state index in [1.807, 2.05) is 30.1 Å². The molecule has 146 valence electrons. The van der Waals surface area contributed by atoms with Crippen LogP contribution < -0.4 is 19.1 Å². The van der Waals surface area contributed by atoms with Gasteiger partial charge in [-0.2, -0.15) is 0 Å². The predicted octanol–water partition coefficient (Wildman–Crippen LogP) is 4.10. The summed E-state index contributed by atoms with van der Waals surface area (Å²) in [6, 6.07) is 13.5. The number of nitrogens with zero attached hydrogens (tertiary/aromatic N) is 3. The van der Waals surface area contributed by atoms with Crippen molar-refractivity contribution in [3.8, 4) is 23.1 Å². The van der Waals surface area contributed by atoms with E-state index >= 15 is 0 Å². The van der Waals surface area contributed by atoms with Crippen molar-refractivity contribution in [2.24, 2.45) is 0 Å². The SMILES string of the molecule is COc1ccc(CCN(C)c2cc(Oc3cccc(F)c3)ncn2)cc1OC. The molecule has 0 fully saturated rings. The van der Waals surface area contributed by atoms with Gasteiger partial charge < -0.3 is 19.1 Å². The van der Waals surface area contributed by atoms with Crippen LogP contribution in [0.4, 0.5) is 10.2 Å². The molecule has 7 heteroatoms. The molecular weight excluding hydrogens is 361 g/mol. The summed E-state index contributed by atoms with van der Waals surface area (Å²) >= 11 is 0. The van der Waals surface area contributed by atoms with Gasteiger partial charge in [-0.3, -0.25) is 0 Å². The van der Waals surface area contributed by atoms with Gasteiger partial charge >= 0.3 is 0 Å². The van der Waals surface area contributed by atoms with E-state index in [9.17, 15) is 4.39 Å². The van der Waals surface area contributed by atoms with Crippen molar-refractivity contribution in [2.45, 2.75) is 6.42 Å². The van der Waals surface area contributed by atoms with Crippen LogP contribution in [-0.4, -0.2) is 37.8 Å². The fraction of sp³-hybridized carbons (Fsp3) is 0.238. The van der Waals surface area contributed by atoms with Gasteiger partial charge in [0.05, 0.1) is 14.2 Å². The molecule has 1 heterocycles. The Balaban J connectivity index is 1.65. The summed E-state index contributed by atoms with van der Waals surface area (Å²) in [5, 5.41) is 0. The third kappa shape index (κ3) is 4.88. The molecular formula is C21H22FN3O3. The predicted molar refractivity (Wildman–Crippen MR) is 105 cm³/mol. The summed E-state index contributed by atoms with van der Waals surface area (Å²) in [6.45, 7) is 0.728. The lowest BCUT2D eigenvalue weighted by Gasteiger charge is -2.19. The summed E-state index contributed by atoms with van der Waals surface area (Å²) in [5.41, 5.74) is 1.12. The Hall–Kier alpha value is -3.35. The number of likely N-dealkylation sites (N-methyl/N-ethyl adjacent to an activating group) is 1. The highest BCUT2D eigenvalue weighted by Crippen LogP contribution is 2.28. The normalized spacial score (nSPS) is 10.4. The molecule has 2 aromatic carbocycles. The van der Waals surface area contributed by atoms with Crippen LogP contribution in [0.1, 0.15) is 5.56 Å². The number of rotatable bonds is 8. The van der Waals surface area contributed by atoms with Gasteiger partial charge in [0.1, 0.15) is 23.7 Å². The van der Waals surface area contributed by atoms with Crippen molar-refractivity contribution in [2.75, 3.05) is 32.7 Å². The Morgan fingerprint density at radius 1 is 0.964 bits per heavy atom. The number of aromatic nitrogens is 2. The number of hydrogen-bond acceptors (Lipinski definition) is 6. The summed E-state index contributed by atoms with van der Waals surface area (Å²) in [6.07, 6.45) is 2.22. The zero-order chi connectivity index (χ0) is 19.9. The molecule has 0 amide bonds. The van der Waals surface area contributed by atoms with Crippen molar-refractivity contribution < 1.29 is 18.6 Å². The van der Waals surface area contributed by atoms with Crippen molar-refractivity contribution in [1.29, 1.82) is 0 Å². The Labute approximate surface area is 163 Å². The molecule has 3 aromatic rings. The number of benzene rings is 2. The molecule has 0 aliphatic heterocycles. The van der Waals surface area contributed by atoms with Crippen molar-refractivity contribution >= 4 is 5.82 Å². The topological polar surface area (TPSA) is 56.7 Å². The van der Waals surface area contributed by atoms with Crippen LogP contribution >= 0.6 is 0 Å². The minimum absolute atomic E-state index is 0.355. The van der Waals surface area contributed by atoms with E-state index in [4.69, 9.17) is 14.2 Å². The maximum absolute atomic E-state index is 13.3. The molecule has 0 atom stereocenters. The van der Waals surface area contributed by atoms with E-state index in [1.54, 1.807) is 32.4 Å². The first-order valence-electron chi connectivity index (χ1n) is 8.76. The zero-order valence-electron chi connectivity index (χ0n) is 16.1. The zero-order valence-corrected chi connectivity index (χ0v) is 16.1. The smallest absolute Gasteiger partial charge is 0.224 e. The number of methoxy groups -OCH3 is 2.